The highest BCUT2D eigenvalue weighted by Gasteiger charge is 2.37. The molecule has 0 saturated carbocycles. The number of hydrogen-bond acceptors (Lipinski definition) is 3. The molecule has 1 N–H and O–H groups in total. The molecular formula is C27H52O4. The molecule has 4 nitrogen and oxygen atoms in total. The van der Waals surface area contributed by atoms with Crippen molar-refractivity contribution < 1.29 is 19.4 Å². The summed E-state index contributed by atoms with van der Waals surface area (Å²) in [6.45, 7) is 5.37. The van der Waals surface area contributed by atoms with Gasteiger partial charge in [0.25, 0.3) is 0 Å². The lowest BCUT2D eigenvalue weighted by Crippen LogP contribution is -2.35. The normalized spacial score (nSPS) is 11.6. The van der Waals surface area contributed by atoms with Crippen LogP contribution in [0, 0.1) is 5.41 Å². The van der Waals surface area contributed by atoms with Gasteiger partial charge in [-0.3, -0.25) is 9.59 Å². The molecule has 0 saturated heterocycles. The van der Waals surface area contributed by atoms with E-state index >= 15 is 0 Å². The Kier molecular flexibility index (Phi) is 20.1. The topological polar surface area (TPSA) is 63.6 Å². The van der Waals surface area contributed by atoms with Gasteiger partial charge in [-0.15, -0.1) is 0 Å². The summed E-state index contributed by atoms with van der Waals surface area (Å²) in [5.74, 6) is -1.78. The van der Waals surface area contributed by atoms with E-state index in [0.29, 0.717) is 6.61 Å². The summed E-state index contributed by atoms with van der Waals surface area (Å²) in [6.07, 6.45) is 26.7. The van der Waals surface area contributed by atoms with E-state index in [2.05, 4.69) is 6.92 Å². The van der Waals surface area contributed by atoms with Gasteiger partial charge in [-0.1, -0.05) is 129 Å². The second-order valence-corrected chi connectivity index (χ2v) is 9.78. The third-order valence-corrected chi connectivity index (χ3v) is 6.28. The number of unbranched alkanes of at least 4 members (excludes halogenated alkanes) is 19. The maximum absolute atomic E-state index is 11.7. The van der Waals surface area contributed by atoms with Crippen molar-refractivity contribution in [3.63, 3.8) is 0 Å². The van der Waals surface area contributed by atoms with Crippen molar-refractivity contribution in [3.8, 4) is 0 Å². The first kappa shape index (κ1) is 29.9. The first-order valence-electron chi connectivity index (χ1n) is 13.3. The molecule has 0 aliphatic rings. The SMILES string of the molecule is CCCCCCCCCCCCCCCCCCCCCCOC(=O)C(C)(C)C(=O)O. The fraction of sp³-hybridized carbons (Fsp3) is 0.926. The summed E-state index contributed by atoms with van der Waals surface area (Å²) < 4.78 is 5.09. The van der Waals surface area contributed by atoms with Crippen LogP contribution in [0.5, 0.6) is 0 Å². The van der Waals surface area contributed by atoms with Crippen molar-refractivity contribution in [2.75, 3.05) is 6.61 Å². The molecule has 0 aromatic rings. The maximum atomic E-state index is 11.7. The third-order valence-electron chi connectivity index (χ3n) is 6.28. The number of ether oxygens (including phenoxy) is 1. The average Bonchev–Trinajstić information content (AvgIpc) is 2.74. The van der Waals surface area contributed by atoms with Crippen LogP contribution in [-0.4, -0.2) is 23.7 Å². The van der Waals surface area contributed by atoms with Gasteiger partial charge in [-0.05, 0) is 20.3 Å². The lowest BCUT2D eigenvalue weighted by Gasteiger charge is -2.17. The van der Waals surface area contributed by atoms with Crippen LogP contribution in [0.25, 0.3) is 0 Å². The molecule has 31 heavy (non-hydrogen) atoms. The van der Waals surface area contributed by atoms with Crippen molar-refractivity contribution in [1.29, 1.82) is 0 Å². The number of aliphatic carboxylic acids is 1. The van der Waals surface area contributed by atoms with Crippen LogP contribution in [-0.2, 0) is 14.3 Å². The maximum Gasteiger partial charge on any atom is 0.322 e. The number of carbonyl (C=O) groups is 2. The molecule has 4 heteroatoms. The highest BCUT2D eigenvalue weighted by molar-refractivity contribution is 5.98. The summed E-state index contributed by atoms with van der Waals surface area (Å²) in [5.41, 5.74) is -1.45. The van der Waals surface area contributed by atoms with Gasteiger partial charge in [0.2, 0.25) is 0 Å². The Morgan fingerprint density at radius 3 is 1.16 bits per heavy atom. The first-order chi connectivity index (χ1) is 14.9. The molecule has 184 valence electrons. The molecular weight excluding hydrogens is 388 g/mol. The van der Waals surface area contributed by atoms with E-state index < -0.39 is 17.4 Å². The average molecular weight is 441 g/mol. The molecule has 0 unspecified atom stereocenters. The standard InChI is InChI=1S/C27H52O4/c1-4-5-6-7-8-9-10-11-12-13-14-15-16-17-18-19-20-21-22-23-24-31-26(30)27(2,3)25(28)29/h4-24H2,1-3H3,(H,28,29). The lowest BCUT2D eigenvalue weighted by molar-refractivity contribution is -0.166. The molecule has 0 atom stereocenters. The van der Waals surface area contributed by atoms with Gasteiger partial charge < -0.3 is 9.84 Å². The molecule has 0 amide bonds. The summed E-state index contributed by atoms with van der Waals surface area (Å²) in [4.78, 5) is 22.7. The second kappa shape index (κ2) is 20.8. The van der Waals surface area contributed by atoms with Crippen molar-refractivity contribution in [3.05, 3.63) is 0 Å². The smallest absolute Gasteiger partial charge is 0.322 e. The Bertz CT molecular complexity index is 431. The Hall–Kier alpha value is -1.06. The van der Waals surface area contributed by atoms with E-state index in [-0.39, 0.29) is 0 Å². The molecule has 0 aliphatic heterocycles. The molecule has 0 fully saturated rings. The van der Waals surface area contributed by atoms with Crippen LogP contribution in [0.4, 0.5) is 0 Å². The van der Waals surface area contributed by atoms with Crippen LogP contribution < -0.4 is 0 Å². The summed E-state index contributed by atoms with van der Waals surface area (Å²) in [6, 6.07) is 0. The predicted molar refractivity (Wildman–Crippen MR) is 130 cm³/mol. The van der Waals surface area contributed by atoms with E-state index in [9.17, 15) is 9.59 Å². The number of esters is 1. The van der Waals surface area contributed by atoms with Gasteiger partial charge in [0.15, 0.2) is 5.41 Å². The number of rotatable bonds is 23. The Morgan fingerprint density at radius 1 is 0.581 bits per heavy atom. The molecule has 0 rings (SSSR count). The van der Waals surface area contributed by atoms with Crippen molar-refractivity contribution in [2.24, 2.45) is 5.41 Å². The molecule has 0 spiro atoms. The summed E-state index contributed by atoms with van der Waals surface area (Å²) >= 11 is 0. The minimum absolute atomic E-state index is 0.328. The van der Waals surface area contributed by atoms with Gasteiger partial charge in [0.05, 0.1) is 6.61 Å². The van der Waals surface area contributed by atoms with Gasteiger partial charge in [0, 0.05) is 0 Å². The monoisotopic (exact) mass is 440 g/mol. The molecule has 0 bridgehead atoms. The van der Waals surface area contributed by atoms with Crippen LogP contribution >= 0.6 is 0 Å². The van der Waals surface area contributed by atoms with E-state index in [0.717, 1.165) is 12.8 Å². The van der Waals surface area contributed by atoms with Crippen LogP contribution in [0.2, 0.25) is 0 Å². The van der Waals surface area contributed by atoms with Gasteiger partial charge >= 0.3 is 11.9 Å². The van der Waals surface area contributed by atoms with Gasteiger partial charge in [-0.2, -0.15) is 0 Å². The zero-order chi connectivity index (χ0) is 23.2. The van der Waals surface area contributed by atoms with Gasteiger partial charge in [0.1, 0.15) is 0 Å². The summed E-state index contributed by atoms with van der Waals surface area (Å²) in [5, 5.41) is 8.98. The quantitative estimate of drug-likeness (QED) is 0.0983. The van der Waals surface area contributed by atoms with Crippen molar-refractivity contribution in [1.82, 2.24) is 0 Å². The second-order valence-electron chi connectivity index (χ2n) is 9.78. The predicted octanol–water partition coefficient (Wildman–Crippen LogP) is 8.46. The molecule has 0 radical (unpaired) electrons. The Labute approximate surface area is 192 Å². The summed E-state index contributed by atoms with van der Waals surface area (Å²) in [7, 11) is 0. The van der Waals surface area contributed by atoms with Crippen molar-refractivity contribution in [2.45, 2.75) is 149 Å². The lowest BCUT2D eigenvalue weighted by atomic mass is 9.94. The van der Waals surface area contributed by atoms with Gasteiger partial charge in [-0.25, -0.2) is 0 Å². The third kappa shape index (κ3) is 18.2. The Balaban J connectivity index is 3.21. The van der Waals surface area contributed by atoms with Crippen LogP contribution in [0.1, 0.15) is 149 Å². The number of carbonyl (C=O) groups excluding carboxylic acids is 1. The molecule has 0 aromatic carbocycles. The van der Waals surface area contributed by atoms with E-state index in [4.69, 9.17) is 9.84 Å². The molecule has 0 heterocycles. The first-order valence-corrected chi connectivity index (χ1v) is 13.3. The molecule has 0 aliphatic carbocycles. The zero-order valence-corrected chi connectivity index (χ0v) is 21.0. The minimum Gasteiger partial charge on any atom is -0.480 e. The highest BCUT2D eigenvalue weighted by Crippen LogP contribution is 2.18. The largest absolute Gasteiger partial charge is 0.480 e. The van der Waals surface area contributed by atoms with Crippen molar-refractivity contribution >= 4 is 11.9 Å². The molecule has 0 aromatic heterocycles. The Morgan fingerprint density at radius 2 is 0.871 bits per heavy atom. The fourth-order valence-electron chi connectivity index (χ4n) is 3.79. The van der Waals surface area contributed by atoms with E-state index in [1.54, 1.807) is 0 Å². The fourth-order valence-corrected chi connectivity index (χ4v) is 3.79. The van der Waals surface area contributed by atoms with Crippen LogP contribution in [0.15, 0.2) is 0 Å². The van der Waals surface area contributed by atoms with E-state index in [1.807, 2.05) is 0 Å². The van der Waals surface area contributed by atoms with Crippen LogP contribution in [0.3, 0.4) is 0 Å². The number of hydrogen-bond donors (Lipinski definition) is 1. The number of carboxylic acids is 1. The zero-order valence-electron chi connectivity index (χ0n) is 21.0. The highest BCUT2D eigenvalue weighted by atomic mass is 16.5. The van der Waals surface area contributed by atoms with E-state index in [1.165, 1.54) is 129 Å². The minimum atomic E-state index is -1.45. The number of carboxylic acid groups (broad SMARTS) is 1.